The molecule has 2 rings (SSSR count). The first-order valence-corrected chi connectivity index (χ1v) is 7.25. The summed E-state index contributed by atoms with van der Waals surface area (Å²) in [5.41, 5.74) is 1.19. The van der Waals surface area contributed by atoms with Gasteiger partial charge >= 0.3 is 0 Å². The van der Waals surface area contributed by atoms with Gasteiger partial charge in [-0.15, -0.1) is 0 Å². The highest BCUT2D eigenvalue weighted by atomic mass is 35.5. The number of hydrogen-bond donors (Lipinski definition) is 3. The van der Waals surface area contributed by atoms with Gasteiger partial charge in [0.15, 0.2) is 0 Å². The highest BCUT2D eigenvalue weighted by Gasteiger charge is 2.18. The third kappa shape index (κ3) is 3.32. The van der Waals surface area contributed by atoms with Crippen LogP contribution < -0.4 is 4.72 Å². The van der Waals surface area contributed by atoms with Crippen LogP contribution in [-0.4, -0.2) is 23.7 Å². The molecule has 0 unspecified atom stereocenters. The van der Waals surface area contributed by atoms with Crippen LogP contribution in [0.5, 0.6) is 0 Å². The van der Waals surface area contributed by atoms with Crippen LogP contribution in [0, 0.1) is 0 Å². The second-order valence-corrected chi connectivity index (χ2v) is 6.00. The predicted octanol–water partition coefficient (Wildman–Crippen LogP) is 1.03. The van der Waals surface area contributed by atoms with E-state index in [0.29, 0.717) is 11.1 Å². The second kappa shape index (κ2) is 5.70. The summed E-state index contributed by atoms with van der Waals surface area (Å²) in [5, 5.41) is 15.4. The SMILES string of the molecule is O=S(=O)(NCc1cn[nH]c1)c1cc(CO)ccc1Cl. The van der Waals surface area contributed by atoms with E-state index in [0.717, 1.165) is 0 Å². The van der Waals surface area contributed by atoms with E-state index in [9.17, 15) is 8.42 Å². The number of rotatable bonds is 5. The molecule has 1 heterocycles. The third-order valence-electron chi connectivity index (χ3n) is 2.49. The highest BCUT2D eigenvalue weighted by Crippen LogP contribution is 2.22. The average molecular weight is 302 g/mol. The van der Waals surface area contributed by atoms with Crippen molar-refractivity contribution < 1.29 is 13.5 Å². The number of H-pyrrole nitrogens is 1. The number of aliphatic hydroxyl groups is 1. The standard InChI is InChI=1S/C11H12ClN3O3S/c12-10-2-1-8(7-16)3-11(10)19(17,18)15-6-9-4-13-14-5-9/h1-5,15-16H,6-7H2,(H,13,14). The molecule has 0 aliphatic carbocycles. The first-order valence-electron chi connectivity index (χ1n) is 5.39. The molecule has 0 saturated heterocycles. The number of nitrogens with zero attached hydrogens (tertiary/aromatic N) is 1. The van der Waals surface area contributed by atoms with Gasteiger partial charge in [-0.2, -0.15) is 5.10 Å². The fourth-order valence-electron chi connectivity index (χ4n) is 1.48. The Morgan fingerprint density at radius 2 is 2.16 bits per heavy atom. The molecule has 0 amide bonds. The quantitative estimate of drug-likeness (QED) is 0.769. The number of halogens is 1. The Balaban J connectivity index is 2.23. The summed E-state index contributed by atoms with van der Waals surface area (Å²) in [7, 11) is -3.73. The Labute approximate surface area is 115 Å². The Bertz CT molecular complexity index is 656. The van der Waals surface area contributed by atoms with Crippen LogP contribution >= 0.6 is 11.6 Å². The van der Waals surface area contributed by atoms with Gasteiger partial charge in [0.25, 0.3) is 0 Å². The fourth-order valence-corrected chi connectivity index (χ4v) is 3.05. The summed E-state index contributed by atoms with van der Waals surface area (Å²) >= 11 is 5.88. The normalized spacial score (nSPS) is 11.7. The molecule has 0 aliphatic rings. The summed E-state index contributed by atoms with van der Waals surface area (Å²) in [4.78, 5) is -0.0517. The number of aromatic amines is 1. The molecule has 0 aliphatic heterocycles. The Morgan fingerprint density at radius 1 is 1.37 bits per heavy atom. The van der Waals surface area contributed by atoms with Crippen molar-refractivity contribution in [3.05, 3.63) is 46.7 Å². The zero-order valence-corrected chi connectivity index (χ0v) is 11.4. The maximum Gasteiger partial charge on any atom is 0.242 e. The minimum atomic E-state index is -3.73. The largest absolute Gasteiger partial charge is 0.392 e. The molecular weight excluding hydrogens is 290 g/mol. The van der Waals surface area contributed by atoms with Gasteiger partial charge in [0.2, 0.25) is 10.0 Å². The molecule has 0 saturated carbocycles. The molecule has 0 bridgehead atoms. The second-order valence-electron chi connectivity index (χ2n) is 3.85. The van der Waals surface area contributed by atoms with Gasteiger partial charge < -0.3 is 5.11 Å². The van der Waals surface area contributed by atoms with Crippen molar-refractivity contribution in [3.63, 3.8) is 0 Å². The van der Waals surface area contributed by atoms with E-state index in [1.807, 2.05) is 0 Å². The molecule has 1 aromatic carbocycles. The average Bonchev–Trinajstić information content (AvgIpc) is 2.90. The lowest BCUT2D eigenvalue weighted by molar-refractivity contribution is 0.281. The van der Waals surface area contributed by atoms with Crippen molar-refractivity contribution in [2.75, 3.05) is 0 Å². The zero-order chi connectivity index (χ0) is 13.9. The molecule has 8 heteroatoms. The molecular formula is C11H12ClN3O3S. The molecule has 19 heavy (non-hydrogen) atoms. The number of aromatic nitrogens is 2. The maximum atomic E-state index is 12.1. The number of sulfonamides is 1. The van der Waals surface area contributed by atoms with Crippen molar-refractivity contribution in [1.82, 2.24) is 14.9 Å². The van der Waals surface area contributed by atoms with Gasteiger partial charge in [-0.25, -0.2) is 13.1 Å². The van der Waals surface area contributed by atoms with Gasteiger partial charge in [0, 0.05) is 18.3 Å². The lowest BCUT2D eigenvalue weighted by Crippen LogP contribution is -2.23. The van der Waals surface area contributed by atoms with E-state index >= 15 is 0 Å². The zero-order valence-electron chi connectivity index (χ0n) is 9.80. The summed E-state index contributed by atoms with van der Waals surface area (Å²) in [6, 6.07) is 4.36. The van der Waals surface area contributed by atoms with Crippen molar-refractivity contribution in [2.45, 2.75) is 18.0 Å². The van der Waals surface area contributed by atoms with Crippen LogP contribution in [0.1, 0.15) is 11.1 Å². The predicted molar refractivity (Wildman–Crippen MR) is 70.0 cm³/mol. The number of nitrogens with one attached hydrogen (secondary N) is 2. The van der Waals surface area contributed by atoms with Crippen LogP contribution in [0.15, 0.2) is 35.5 Å². The first-order chi connectivity index (χ1) is 9.03. The maximum absolute atomic E-state index is 12.1. The van der Waals surface area contributed by atoms with E-state index in [-0.39, 0.29) is 23.1 Å². The summed E-state index contributed by atoms with van der Waals surface area (Å²) < 4.78 is 26.6. The van der Waals surface area contributed by atoms with Crippen LogP contribution in [0.4, 0.5) is 0 Å². The van der Waals surface area contributed by atoms with Crippen LogP contribution in [0.2, 0.25) is 5.02 Å². The lowest BCUT2D eigenvalue weighted by Gasteiger charge is -2.08. The topological polar surface area (TPSA) is 95.1 Å². The summed E-state index contributed by atoms with van der Waals surface area (Å²) in [5.74, 6) is 0. The van der Waals surface area contributed by atoms with E-state index in [2.05, 4.69) is 14.9 Å². The highest BCUT2D eigenvalue weighted by molar-refractivity contribution is 7.89. The van der Waals surface area contributed by atoms with Gasteiger partial charge in [0.1, 0.15) is 4.90 Å². The molecule has 2 aromatic rings. The molecule has 3 N–H and O–H groups in total. The van der Waals surface area contributed by atoms with Crippen LogP contribution in [-0.2, 0) is 23.2 Å². The van der Waals surface area contributed by atoms with Crippen molar-refractivity contribution in [1.29, 1.82) is 0 Å². The Morgan fingerprint density at radius 3 is 2.79 bits per heavy atom. The van der Waals surface area contributed by atoms with Gasteiger partial charge in [0.05, 0.1) is 17.8 Å². The van der Waals surface area contributed by atoms with Crippen LogP contribution in [0.25, 0.3) is 0 Å². The minimum absolute atomic E-state index is 0.0517. The monoisotopic (exact) mass is 301 g/mol. The van der Waals surface area contributed by atoms with E-state index < -0.39 is 10.0 Å². The molecule has 0 fully saturated rings. The Hall–Kier alpha value is -1.41. The summed E-state index contributed by atoms with van der Waals surface area (Å²) in [6.45, 7) is -0.139. The summed E-state index contributed by atoms with van der Waals surface area (Å²) in [6.07, 6.45) is 3.11. The van der Waals surface area contributed by atoms with E-state index in [4.69, 9.17) is 16.7 Å². The van der Waals surface area contributed by atoms with E-state index in [1.54, 1.807) is 12.3 Å². The number of hydrogen-bond acceptors (Lipinski definition) is 4. The molecule has 1 aromatic heterocycles. The lowest BCUT2D eigenvalue weighted by atomic mass is 10.2. The van der Waals surface area contributed by atoms with Gasteiger partial charge in [-0.3, -0.25) is 5.10 Å². The van der Waals surface area contributed by atoms with Crippen LogP contribution in [0.3, 0.4) is 0 Å². The molecule has 0 spiro atoms. The number of aliphatic hydroxyl groups excluding tert-OH is 1. The molecule has 0 radical (unpaired) electrons. The third-order valence-corrected chi connectivity index (χ3v) is 4.37. The molecule has 0 atom stereocenters. The molecule has 102 valence electrons. The Kier molecular flexibility index (Phi) is 4.20. The van der Waals surface area contributed by atoms with Crippen molar-refractivity contribution in [2.24, 2.45) is 0 Å². The number of benzene rings is 1. The smallest absolute Gasteiger partial charge is 0.242 e. The first kappa shape index (κ1) is 14.0. The van der Waals surface area contributed by atoms with Gasteiger partial charge in [-0.1, -0.05) is 17.7 Å². The van der Waals surface area contributed by atoms with Crippen molar-refractivity contribution in [3.8, 4) is 0 Å². The minimum Gasteiger partial charge on any atom is -0.392 e. The van der Waals surface area contributed by atoms with Gasteiger partial charge in [-0.05, 0) is 17.7 Å². The van der Waals surface area contributed by atoms with E-state index in [1.165, 1.54) is 18.3 Å². The fraction of sp³-hybridized carbons (Fsp3) is 0.182. The van der Waals surface area contributed by atoms with Crippen molar-refractivity contribution >= 4 is 21.6 Å². The molecule has 6 nitrogen and oxygen atoms in total.